The molecule has 0 aliphatic carbocycles. The predicted molar refractivity (Wildman–Crippen MR) is 37.1 cm³/mol. The zero-order valence-electron chi connectivity index (χ0n) is 7.00. The first-order valence-electron chi connectivity index (χ1n) is 2.88. The molecule has 2 N–H and O–H groups in total. The molecule has 0 saturated carbocycles. The first-order valence-corrected chi connectivity index (χ1v) is 2.88. The van der Waals surface area contributed by atoms with Crippen LogP contribution in [0.5, 0.6) is 0 Å². The monoisotopic (exact) mass is 334 g/mol. The summed E-state index contributed by atoms with van der Waals surface area (Å²) < 4.78 is 0. The van der Waals surface area contributed by atoms with Gasteiger partial charge in [-0.2, -0.15) is 0 Å². The molecule has 0 aliphatic rings. The van der Waals surface area contributed by atoms with Gasteiger partial charge in [0.15, 0.2) is 0 Å². The van der Waals surface area contributed by atoms with E-state index in [9.17, 15) is 14.4 Å². The van der Waals surface area contributed by atoms with Crippen LogP contribution in [0, 0.1) is 6.92 Å². The van der Waals surface area contributed by atoms with Crippen molar-refractivity contribution in [3.8, 4) is 0 Å². The summed E-state index contributed by atoms with van der Waals surface area (Å²) in [5, 5.41) is 4.34. The van der Waals surface area contributed by atoms with Gasteiger partial charge in [-0.25, -0.2) is 6.29 Å². The van der Waals surface area contributed by atoms with E-state index in [0.29, 0.717) is 0 Å². The quantitative estimate of drug-likeness (QED) is 0.594. The minimum atomic E-state index is -0.532. The van der Waals surface area contributed by atoms with Crippen LogP contribution in [-0.4, -0.2) is 31.2 Å². The molecule has 0 aromatic carbocycles. The maximum atomic E-state index is 10.6. The number of hydrogen-bond donors (Lipinski definition) is 2. The molecule has 0 aromatic rings. The zero-order chi connectivity index (χ0) is 8.69. The molecule has 0 heterocycles. The number of carbonyl (C=O) groups is 2. The van der Waals surface area contributed by atoms with E-state index in [1.54, 1.807) is 0 Å². The van der Waals surface area contributed by atoms with Crippen LogP contribution in [0.4, 0.5) is 0 Å². The third kappa shape index (κ3) is 15.4. The summed E-state index contributed by atoms with van der Waals surface area (Å²) in [5.41, 5.74) is 0. The van der Waals surface area contributed by atoms with Gasteiger partial charge in [0.2, 0.25) is 5.91 Å². The van der Waals surface area contributed by atoms with Crippen molar-refractivity contribution in [1.29, 1.82) is 0 Å². The molecule has 0 bridgehead atoms. The Bertz CT molecular complexity index is 175. The Morgan fingerprint density at radius 2 is 1.77 bits per heavy atom. The van der Waals surface area contributed by atoms with E-state index in [1.165, 1.54) is 6.29 Å². The third-order valence-electron chi connectivity index (χ3n) is 0.804. The van der Waals surface area contributed by atoms with Crippen LogP contribution in [0.1, 0.15) is 0 Å². The number of nitrogens with one attached hydrogen (secondary N) is 2. The van der Waals surface area contributed by atoms with Gasteiger partial charge in [0.25, 0.3) is 0 Å². The molecule has 0 rings (SSSR count). The van der Waals surface area contributed by atoms with E-state index in [4.69, 9.17) is 0 Å². The van der Waals surface area contributed by atoms with Crippen molar-refractivity contribution in [3.05, 3.63) is 6.92 Å². The van der Waals surface area contributed by atoms with E-state index >= 15 is 0 Å². The third-order valence-corrected chi connectivity index (χ3v) is 0.804. The Kier molecular flexibility index (Phi) is 18.8. The van der Waals surface area contributed by atoms with Crippen molar-refractivity contribution in [2.75, 3.05) is 13.1 Å². The molecule has 0 spiro atoms. The van der Waals surface area contributed by atoms with E-state index in [0.717, 1.165) is 0 Å². The normalized spacial score (nSPS) is 7.08. The molecule has 0 fully saturated rings. The first-order chi connectivity index (χ1) is 5.16. The van der Waals surface area contributed by atoms with Crippen LogP contribution in [0.2, 0.25) is 0 Å². The molecule has 0 aromatic heterocycles. The number of rotatable bonds is 4. The summed E-state index contributed by atoms with van der Waals surface area (Å²) in [6, 6.07) is 0. The fraction of sp³-hybridized carbons (Fsp3) is 0.333. The summed E-state index contributed by atoms with van der Waals surface area (Å²) in [5.74, 6) is -0.972. The molecule has 2 amide bonds. The molecule has 5 nitrogen and oxygen atoms in total. The number of hydrogen-bond acceptors (Lipinski definition) is 3. The zero-order valence-corrected chi connectivity index (χ0v) is 12.7. The second-order valence-electron chi connectivity index (χ2n) is 1.70. The smallest absolute Gasteiger partial charge is 0.237 e. The van der Waals surface area contributed by atoms with Crippen LogP contribution in [0.3, 0.4) is 0 Å². The van der Waals surface area contributed by atoms with E-state index < -0.39 is 11.8 Å². The number of carbonyl (C=O) groups excluding carboxylic acids is 3. The summed E-state index contributed by atoms with van der Waals surface area (Å²) in [6.07, 6.45) is 1.48. The van der Waals surface area contributed by atoms with Crippen LogP contribution < -0.4 is 10.6 Å². The molecule has 7 heteroatoms. The molecule has 0 unspecified atom stereocenters. The first kappa shape index (κ1) is 19.3. The van der Waals surface area contributed by atoms with E-state index in [2.05, 4.69) is 17.6 Å². The van der Waals surface area contributed by atoms with Gasteiger partial charge in [-0.05, 0) is 0 Å². The molecule has 13 heavy (non-hydrogen) atoms. The minimum Gasteiger partial charge on any atom is -0.540 e. The van der Waals surface area contributed by atoms with Gasteiger partial charge in [-0.1, -0.05) is 6.54 Å². The Balaban J connectivity index is -0.000000500. The van der Waals surface area contributed by atoms with Crippen molar-refractivity contribution < 1.29 is 79.8 Å². The minimum absolute atomic E-state index is 0. The van der Waals surface area contributed by atoms with Crippen molar-refractivity contribution in [3.63, 3.8) is 0 Å². The summed E-state index contributed by atoms with van der Waals surface area (Å²) in [6.45, 7) is 2.66. The Morgan fingerprint density at radius 1 is 1.23 bits per heavy atom. The Hall–Kier alpha value is 0.688. The van der Waals surface area contributed by atoms with Crippen LogP contribution >= 0.6 is 0 Å². The van der Waals surface area contributed by atoms with Crippen LogP contribution in [-0.2, 0) is 79.8 Å². The summed E-state index contributed by atoms with van der Waals surface area (Å²) in [7, 11) is 0. The fourth-order valence-electron chi connectivity index (χ4n) is 0.376. The number of amides is 2. The molecule has 68 valence electrons. The second-order valence-corrected chi connectivity index (χ2v) is 1.70. The maximum absolute atomic E-state index is 10.6. The van der Waals surface area contributed by atoms with Gasteiger partial charge < -0.3 is 27.1 Å². The molecule has 0 saturated heterocycles. The second kappa shape index (κ2) is 12.7. The molecule has 0 atom stereocenters. The molecule has 2 radical (unpaired) electrons. The predicted octanol–water partition coefficient (Wildman–Crippen LogP) is -1.84. The van der Waals surface area contributed by atoms with Crippen molar-refractivity contribution >= 4 is 18.1 Å². The summed E-state index contributed by atoms with van der Waals surface area (Å²) in [4.78, 5) is 30.3. The Labute approximate surface area is 127 Å². The standard InChI is InChI=1S/C6H8N2O3.2Y/c1-5(10)8-4-6(11)7-2-3-9;;/h1-2,4H2,(H,7,11)(H,8,10);;/q-2;;. The van der Waals surface area contributed by atoms with Crippen molar-refractivity contribution in [2.24, 2.45) is 0 Å². The van der Waals surface area contributed by atoms with Gasteiger partial charge >= 0.3 is 0 Å². The van der Waals surface area contributed by atoms with E-state index in [-0.39, 0.29) is 78.5 Å². The Morgan fingerprint density at radius 3 is 2.15 bits per heavy atom. The molecular weight excluding hydrogens is 326 g/mol. The summed E-state index contributed by atoms with van der Waals surface area (Å²) >= 11 is 0. The van der Waals surface area contributed by atoms with Gasteiger partial charge in [-0.15, -0.1) is 0 Å². The SMILES string of the molecule is [CH2-]C(=O)NCC(=O)NC[C-]=O.[Y].[Y]. The van der Waals surface area contributed by atoms with Crippen molar-refractivity contribution in [2.45, 2.75) is 0 Å². The molecular formula is C6H8N2O3Y2-2. The van der Waals surface area contributed by atoms with Gasteiger partial charge in [0, 0.05) is 65.4 Å². The van der Waals surface area contributed by atoms with Gasteiger partial charge in [-0.3, -0.25) is 4.79 Å². The maximum Gasteiger partial charge on any atom is 0.237 e. The van der Waals surface area contributed by atoms with Gasteiger partial charge in [0.05, 0.1) is 12.5 Å². The topological polar surface area (TPSA) is 75.3 Å². The van der Waals surface area contributed by atoms with E-state index in [1.807, 2.05) is 0 Å². The largest absolute Gasteiger partial charge is 0.540 e. The van der Waals surface area contributed by atoms with Crippen molar-refractivity contribution in [1.82, 2.24) is 10.6 Å². The molecule has 0 aliphatic heterocycles. The van der Waals surface area contributed by atoms with Crippen LogP contribution in [0.25, 0.3) is 0 Å². The average Bonchev–Trinajstić information content (AvgIpc) is 1.97. The average molecular weight is 334 g/mol. The van der Waals surface area contributed by atoms with Gasteiger partial charge in [0.1, 0.15) is 0 Å². The fourth-order valence-corrected chi connectivity index (χ4v) is 0.376. The van der Waals surface area contributed by atoms with Crippen LogP contribution in [0.15, 0.2) is 0 Å².